The monoisotopic (exact) mass is 687 g/mol. The van der Waals surface area contributed by atoms with Crippen molar-refractivity contribution in [2.45, 2.75) is 45.0 Å². The molecule has 2 aromatic carbocycles. The zero-order valence-corrected chi connectivity index (χ0v) is 27.1. The van der Waals surface area contributed by atoms with Gasteiger partial charge in [-0.3, -0.25) is 15.1 Å². The lowest BCUT2D eigenvalue weighted by molar-refractivity contribution is -0.137. The third-order valence-electron chi connectivity index (χ3n) is 7.95. The number of hydrogen-bond acceptors (Lipinski definition) is 6. The third kappa shape index (κ3) is 7.13. The lowest BCUT2D eigenvalue weighted by Gasteiger charge is -2.36. The molecule has 6 rings (SSSR count). The van der Waals surface area contributed by atoms with Crippen LogP contribution in [0.25, 0.3) is 16.3 Å². The van der Waals surface area contributed by atoms with Gasteiger partial charge in [-0.05, 0) is 73.9 Å². The van der Waals surface area contributed by atoms with Crippen LogP contribution in [0.15, 0.2) is 48.5 Å². The fraction of sp³-hybridized carbons (Fsp3) is 0.333. The molecule has 46 heavy (non-hydrogen) atoms. The van der Waals surface area contributed by atoms with Crippen LogP contribution in [-0.2, 0) is 12.7 Å². The minimum atomic E-state index is -4.42. The van der Waals surface area contributed by atoms with Gasteiger partial charge in [0.05, 0.1) is 37.8 Å². The number of rotatable bonds is 6. The van der Waals surface area contributed by atoms with Crippen LogP contribution < -0.4 is 5.43 Å². The summed E-state index contributed by atoms with van der Waals surface area (Å²) in [7, 11) is 0. The van der Waals surface area contributed by atoms with E-state index in [0.29, 0.717) is 57.1 Å². The number of halogens is 5. The van der Waals surface area contributed by atoms with Crippen LogP contribution in [0.4, 0.5) is 13.2 Å². The Morgan fingerprint density at radius 2 is 1.78 bits per heavy atom. The van der Waals surface area contributed by atoms with Crippen LogP contribution in [0, 0.1) is 18.8 Å². The first-order valence-corrected chi connectivity index (χ1v) is 16.4. The number of amides is 1. The summed E-state index contributed by atoms with van der Waals surface area (Å²) in [6.07, 6.45) is -1.76. The van der Waals surface area contributed by atoms with Gasteiger partial charge in [-0.25, -0.2) is 9.69 Å². The van der Waals surface area contributed by atoms with Crippen molar-refractivity contribution in [3.05, 3.63) is 91.4 Å². The fourth-order valence-corrected chi connectivity index (χ4v) is 7.17. The zero-order valence-electron chi connectivity index (χ0n) is 24.8. The first-order valence-electron chi connectivity index (χ1n) is 14.8. The molecule has 13 heteroatoms. The number of piperidine rings is 1. The molecule has 2 aromatic heterocycles. The first kappa shape index (κ1) is 32.6. The summed E-state index contributed by atoms with van der Waals surface area (Å²) in [5, 5.41) is 17.6. The standard InChI is InChI=1S/C33H30Cl2F3N5O2S/c1-20-15-25(11-7-21-5-8-22(9-6-21)33(36,37)38)46-31(20)30-26(19-41-17-24(44)18-41)29(32(45)40-42-13-3-2-4-14-42)39-43(30)28-12-10-23(34)16-27(28)35/h5-6,8-10,12,15-16,24,44H,2-4,13-14,17-19H2,1H3,(H,40,45). The van der Waals surface area contributed by atoms with Crippen molar-refractivity contribution in [3.63, 3.8) is 0 Å². The maximum Gasteiger partial charge on any atom is 0.416 e. The van der Waals surface area contributed by atoms with Gasteiger partial charge in [0.2, 0.25) is 0 Å². The largest absolute Gasteiger partial charge is 0.416 e. The minimum Gasteiger partial charge on any atom is -0.390 e. The first-order chi connectivity index (χ1) is 22.0. The number of carbonyl (C=O) groups is 1. The number of aliphatic hydroxyl groups is 1. The normalized spacial score (nSPS) is 16.2. The molecule has 0 unspecified atom stereocenters. The van der Waals surface area contributed by atoms with Crippen LogP contribution in [0.5, 0.6) is 0 Å². The van der Waals surface area contributed by atoms with Crippen LogP contribution in [-0.4, -0.2) is 63.0 Å². The number of nitrogens with one attached hydrogen (secondary N) is 1. The summed E-state index contributed by atoms with van der Waals surface area (Å²) in [5.41, 5.74) is 5.76. The molecular weight excluding hydrogens is 658 g/mol. The van der Waals surface area contributed by atoms with Crippen molar-refractivity contribution < 1.29 is 23.1 Å². The summed E-state index contributed by atoms with van der Waals surface area (Å²) in [6.45, 7) is 4.73. The molecule has 1 amide bonds. The van der Waals surface area contributed by atoms with E-state index < -0.39 is 17.8 Å². The number of aryl methyl sites for hydroxylation is 1. The Morgan fingerprint density at radius 1 is 1.07 bits per heavy atom. The summed E-state index contributed by atoms with van der Waals surface area (Å²) in [6, 6.07) is 11.7. The number of carbonyl (C=O) groups excluding carboxylic acids is 1. The molecule has 4 heterocycles. The number of thiophene rings is 1. The van der Waals surface area contributed by atoms with Gasteiger partial charge in [0, 0.05) is 48.9 Å². The summed E-state index contributed by atoms with van der Waals surface area (Å²) >= 11 is 14.3. The third-order valence-corrected chi connectivity index (χ3v) is 9.64. The molecule has 2 aliphatic rings. The number of β-amino-alcohol motifs (C(OH)–C–C–N with tert-alkyl or cyclic N) is 1. The number of hydrazine groups is 1. The average Bonchev–Trinajstić information content (AvgIpc) is 3.55. The maximum absolute atomic E-state index is 13.8. The molecule has 2 N–H and O–H groups in total. The zero-order chi connectivity index (χ0) is 32.6. The van der Waals surface area contributed by atoms with Crippen LogP contribution in [0.1, 0.15) is 56.9 Å². The number of benzene rings is 2. The number of likely N-dealkylation sites (tertiary alicyclic amines) is 1. The maximum atomic E-state index is 13.8. The van der Waals surface area contributed by atoms with Crippen molar-refractivity contribution in [2.24, 2.45) is 0 Å². The Labute approximate surface area is 278 Å². The second-order valence-electron chi connectivity index (χ2n) is 11.5. The van der Waals surface area contributed by atoms with E-state index >= 15 is 0 Å². The Balaban J connectivity index is 1.44. The van der Waals surface area contributed by atoms with Gasteiger partial charge in [0.1, 0.15) is 0 Å². The second kappa shape index (κ2) is 13.4. The van der Waals surface area contributed by atoms with Crippen LogP contribution in [0.3, 0.4) is 0 Å². The molecule has 0 saturated carbocycles. The van der Waals surface area contributed by atoms with E-state index in [0.717, 1.165) is 54.9 Å². The van der Waals surface area contributed by atoms with Crippen LogP contribution >= 0.6 is 34.5 Å². The lowest BCUT2D eigenvalue weighted by Crippen LogP contribution is -2.50. The molecule has 2 aliphatic heterocycles. The molecule has 240 valence electrons. The Kier molecular flexibility index (Phi) is 9.48. The van der Waals surface area contributed by atoms with Gasteiger partial charge in [0.25, 0.3) is 5.91 Å². The topological polar surface area (TPSA) is 73.6 Å². The Bertz CT molecular complexity index is 1820. The van der Waals surface area contributed by atoms with Gasteiger partial charge in [-0.1, -0.05) is 41.5 Å². The van der Waals surface area contributed by atoms with Crippen LogP contribution in [0.2, 0.25) is 10.0 Å². The molecule has 0 radical (unpaired) electrons. The predicted molar refractivity (Wildman–Crippen MR) is 173 cm³/mol. The minimum absolute atomic E-state index is 0.248. The van der Waals surface area contributed by atoms with E-state index in [1.165, 1.54) is 23.5 Å². The van der Waals surface area contributed by atoms with Gasteiger partial charge in [-0.15, -0.1) is 11.3 Å². The molecule has 0 bridgehead atoms. The highest BCUT2D eigenvalue weighted by Gasteiger charge is 2.33. The molecule has 2 fully saturated rings. The van der Waals surface area contributed by atoms with Crippen molar-refractivity contribution in [1.82, 2.24) is 25.1 Å². The molecule has 2 saturated heterocycles. The number of aliphatic hydroxyl groups excluding tert-OH is 1. The highest BCUT2D eigenvalue weighted by Crippen LogP contribution is 2.40. The van der Waals surface area contributed by atoms with Gasteiger partial charge >= 0.3 is 6.18 Å². The number of nitrogens with zero attached hydrogens (tertiary/aromatic N) is 4. The molecular formula is C33H30Cl2F3N5O2S. The van der Waals surface area contributed by atoms with E-state index in [4.69, 9.17) is 28.3 Å². The summed E-state index contributed by atoms with van der Waals surface area (Å²) in [4.78, 5) is 17.4. The Morgan fingerprint density at radius 3 is 2.43 bits per heavy atom. The predicted octanol–water partition coefficient (Wildman–Crippen LogP) is 6.94. The highest BCUT2D eigenvalue weighted by atomic mass is 35.5. The fourth-order valence-electron chi connectivity index (χ4n) is 5.60. The molecule has 4 aromatic rings. The molecule has 0 aliphatic carbocycles. The Hall–Kier alpha value is -3.37. The van der Waals surface area contributed by atoms with Gasteiger partial charge in [-0.2, -0.15) is 18.3 Å². The van der Waals surface area contributed by atoms with Crippen molar-refractivity contribution in [3.8, 4) is 28.1 Å². The summed E-state index contributed by atoms with van der Waals surface area (Å²) < 4.78 is 40.7. The average molecular weight is 689 g/mol. The smallest absolute Gasteiger partial charge is 0.390 e. The number of alkyl halides is 3. The van der Waals surface area contributed by atoms with E-state index in [1.807, 2.05) is 22.9 Å². The van der Waals surface area contributed by atoms with Crippen molar-refractivity contribution >= 4 is 40.4 Å². The van der Waals surface area contributed by atoms with Gasteiger partial charge in [0.15, 0.2) is 5.69 Å². The lowest BCUT2D eigenvalue weighted by atomic mass is 10.0. The number of hydrogen-bond donors (Lipinski definition) is 2. The number of aromatic nitrogens is 2. The quantitative estimate of drug-likeness (QED) is 0.215. The van der Waals surface area contributed by atoms with Crippen molar-refractivity contribution in [1.29, 1.82) is 0 Å². The van der Waals surface area contributed by atoms with E-state index in [1.54, 1.807) is 22.9 Å². The SMILES string of the molecule is Cc1cc(C#Cc2ccc(C(F)(F)F)cc2)sc1-c1c(CN2CC(O)C2)c(C(=O)NN2CCCCC2)nn1-c1ccc(Cl)cc1Cl. The van der Waals surface area contributed by atoms with Gasteiger partial charge < -0.3 is 5.11 Å². The van der Waals surface area contributed by atoms with E-state index in [9.17, 15) is 23.1 Å². The summed E-state index contributed by atoms with van der Waals surface area (Å²) in [5.74, 6) is 5.71. The van der Waals surface area contributed by atoms with E-state index in [2.05, 4.69) is 17.3 Å². The second-order valence-corrected chi connectivity index (χ2v) is 13.4. The highest BCUT2D eigenvalue weighted by molar-refractivity contribution is 7.16. The van der Waals surface area contributed by atoms with Crippen molar-refractivity contribution in [2.75, 3.05) is 26.2 Å². The molecule has 7 nitrogen and oxygen atoms in total. The molecule has 0 atom stereocenters. The molecule has 0 spiro atoms. The van der Waals surface area contributed by atoms with E-state index in [-0.39, 0.29) is 11.6 Å².